The van der Waals surface area contributed by atoms with Crippen LogP contribution in [0, 0.1) is 0 Å². The van der Waals surface area contributed by atoms with E-state index in [-0.39, 0.29) is 12.3 Å². The fourth-order valence-electron chi connectivity index (χ4n) is 3.38. The molecule has 2 unspecified atom stereocenters. The standard InChI is InChI=1S/C21H17N3O4/c1-3-28-19(27)21(23-14-26)12-17(16-7-5-4-6-8-16)24-18-10-9-15(2)11-20(18,21)22-13-25/h4-12H,3H2,1-2H3. The van der Waals surface area contributed by atoms with E-state index in [4.69, 9.17) is 4.74 Å². The average molecular weight is 375 g/mol. The monoisotopic (exact) mass is 375 g/mol. The van der Waals surface area contributed by atoms with Gasteiger partial charge >= 0.3 is 5.97 Å². The Morgan fingerprint density at radius 1 is 1.11 bits per heavy atom. The first kappa shape index (κ1) is 19.1. The molecule has 0 N–H and O–H groups in total. The van der Waals surface area contributed by atoms with Crippen molar-refractivity contribution in [3.63, 3.8) is 0 Å². The SMILES string of the molecule is CCOC(=O)C1(N=C=O)C=C(c2ccccc2)N=C2C=CC(C)=CC21N=C=O. The number of ether oxygens (including phenoxy) is 1. The van der Waals surface area contributed by atoms with Crippen LogP contribution in [0.2, 0.25) is 0 Å². The molecule has 2 aliphatic rings. The molecule has 1 aliphatic heterocycles. The molecular formula is C21H17N3O4. The van der Waals surface area contributed by atoms with Crippen LogP contribution in [0.1, 0.15) is 19.4 Å². The summed E-state index contributed by atoms with van der Waals surface area (Å²) in [7, 11) is 0. The normalized spacial score (nSPS) is 25.1. The highest BCUT2D eigenvalue weighted by molar-refractivity contribution is 6.16. The summed E-state index contributed by atoms with van der Waals surface area (Å²) in [6, 6.07) is 9.09. The molecule has 28 heavy (non-hydrogen) atoms. The molecule has 0 fully saturated rings. The summed E-state index contributed by atoms with van der Waals surface area (Å²) >= 11 is 0. The van der Waals surface area contributed by atoms with Gasteiger partial charge in [-0.05, 0) is 37.6 Å². The Labute approximate surface area is 161 Å². The van der Waals surface area contributed by atoms with E-state index in [2.05, 4.69) is 15.0 Å². The van der Waals surface area contributed by atoms with Crippen molar-refractivity contribution in [2.45, 2.75) is 24.9 Å². The van der Waals surface area contributed by atoms with E-state index in [0.29, 0.717) is 16.8 Å². The maximum atomic E-state index is 13.1. The van der Waals surface area contributed by atoms with E-state index in [9.17, 15) is 14.4 Å². The number of aliphatic imine (C=N–C) groups is 3. The summed E-state index contributed by atoms with van der Waals surface area (Å²) in [6.07, 6.45) is 9.33. The van der Waals surface area contributed by atoms with E-state index in [0.717, 1.165) is 0 Å². The number of esters is 1. The van der Waals surface area contributed by atoms with Gasteiger partial charge in [-0.1, -0.05) is 42.0 Å². The Morgan fingerprint density at radius 3 is 2.46 bits per heavy atom. The fourth-order valence-corrected chi connectivity index (χ4v) is 3.38. The molecule has 1 aromatic rings. The second-order valence-corrected chi connectivity index (χ2v) is 6.27. The third-order valence-electron chi connectivity index (χ3n) is 4.60. The first-order chi connectivity index (χ1) is 13.5. The van der Waals surface area contributed by atoms with Crippen molar-refractivity contribution in [1.29, 1.82) is 0 Å². The lowest BCUT2D eigenvalue weighted by atomic mass is 9.68. The number of isocyanates is 2. The Hall–Kier alpha value is -3.66. The first-order valence-corrected chi connectivity index (χ1v) is 8.63. The van der Waals surface area contributed by atoms with E-state index in [1.165, 1.54) is 18.2 Å². The number of carbonyl (C=O) groups is 1. The van der Waals surface area contributed by atoms with Crippen LogP contribution in [-0.2, 0) is 19.1 Å². The largest absolute Gasteiger partial charge is 0.464 e. The van der Waals surface area contributed by atoms with Crippen LogP contribution in [0.25, 0.3) is 5.70 Å². The molecule has 0 bridgehead atoms. The number of rotatable bonds is 5. The summed E-state index contributed by atoms with van der Waals surface area (Å²) < 4.78 is 5.22. The van der Waals surface area contributed by atoms with Crippen LogP contribution < -0.4 is 0 Å². The lowest BCUT2D eigenvalue weighted by molar-refractivity contribution is -0.148. The number of nitrogens with zero attached hydrogens (tertiary/aromatic N) is 3. The van der Waals surface area contributed by atoms with Gasteiger partial charge < -0.3 is 4.74 Å². The molecule has 7 heteroatoms. The molecule has 1 heterocycles. The van der Waals surface area contributed by atoms with Gasteiger partial charge in [0.25, 0.3) is 0 Å². The molecule has 2 atom stereocenters. The molecule has 0 saturated heterocycles. The molecule has 0 spiro atoms. The van der Waals surface area contributed by atoms with E-state index < -0.39 is 17.0 Å². The van der Waals surface area contributed by atoms with Crippen molar-refractivity contribution in [2.75, 3.05) is 6.61 Å². The van der Waals surface area contributed by atoms with Crippen LogP contribution >= 0.6 is 0 Å². The molecule has 3 rings (SSSR count). The van der Waals surface area contributed by atoms with E-state index in [1.54, 1.807) is 44.2 Å². The number of hydrogen-bond acceptors (Lipinski definition) is 7. The third kappa shape index (κ3) is 2.89. The summed E-state index contributed by atoms with van der Waals surface area (Å²) in [6.45, 7) is 3.45. The van der Waals surface area contributed by atoms with Crippen LogP contribution in [0.5, 0.6) is 0 Å². The Morgan fingerprint density at radius 2 is 1.82 bits per heavy atom. The van der Waals surface area contributed by atoms with Gasteiger partial charge in [-0.25, -0.2) is 19.4 Å². The lowest BCUT2D eigenvalue weighted by Crippen LogP contribution is -2.61. The van der Waals surface area contributed by atoms with Crippen molar-refractivity contribution >= 4 is 29.5 Å². The Kier molecular flexibility index (Phi) is 5.14. The fraction of sp³-hybridized carbons (Fsp3) is 0.238. The van der Waals surface area contributed by atoms with Gasteiger partial charge in [0.2, 0.25) is 17.7 Å². The highest BCUT2D eigenvalue weighted by Gasteiger charge is 2.62. The molecular weight excluding hydrogens is 358 g/mol. The minimum absolute atomic E-state index is 0.0510. The lowest BCUT2D eigenvalue weighted by Gasteiger charge is -2.42. The second kappa shape index (κ2) is 7.53. The van der Waals surface area contributed by atoms with Gasteiger partial charge in [0.15, 0.2) is 5.54 Å². The zero-order valence-corrected chi connectivity index (χ0v) is 15.4. The van der Waals surface area contributed by atoms with Crippen LogP contribution in [0.4, 0.5) is 0 Å². The van der Waals surface area contributed by atoms with Gasteiger partial charge in [-0.15, -0.1) is 0 Å². The molecule has 1 aliphatic carbocycles. The molecule has 7 nitrogen and oxygen atoms in total. The highest BCUT2D eigenvalue weighted by atomic mass is 16.5. The summed E-state index contributed by atoms with van der Waals surface area (Å²) in [5, 5.41) is 0. The minimum atomic E-state index is -1.98. The Balaban J connectivity index is 2.40. The maximum Gasteiger partial charge on any atom is 0.342 e. The number of carbonyl (C=O) groups excluding carboxylic acids is 3. The van der Waals surface area contributed by atoms with Crippen molar-refractivity contribution in [3.8, 4) is 0 Å². The second-order valence-electron chi connectivity index (χ2n) is 6.27. The first-order valence-electron chi connectivity index (χ1n) is 8.63. The predicted octanol–water partition coefficient (Wildman–Crippen LogP) is 2.71. The number of allylic oxidation sites excluding steroid dienone is 2. The van der Waals surface area contributed by atoms with E-state index in [1.807, 2.05) is 18.2 Å². The van der Waals surface area contributed by atoms with Crippen molar-refractivity contribution in [3.05, 3.63) is 65.8 Å². The quantitative estimate of drug-likeness (QED) is 0.449. The van der Waals surface area contributed by atoms with Crippen molar-refractivity contribution in [1.82, 2.24) is 0 Å². The van der Waals surface area contributed by atoms with Gasteiger partial charge in [0, 0.05) is 0 Å². The van der Waals surface area contributed by atoms with Gasteiger partial charge in [0.1, 0.15) is 0 Å². The topological polar surface area (TPSA) is 97.5 Å². The Bertz CT molecular complexity index is 1020. The minimum Gasteiger partial charge on any atom is -0.464 e. The number of hydrogen-bond donors (Lipinski definition) is 0. The third-order valence-corrected chi connectivity index (χ3v) is 4.60. The van der Waals surface area contributed by atoms with Gasteiger partial charge in [-0.3, -0.25) is 0 Å². The maximum absolute atomic E-state index is 13.1. The zero-order valence-electron chi connectivity index (χ0n) is 15.4. The molecule has 0 saturated carbocycles. The summed E-state index contributed by atoms with van der Waals surface area (Å²) in [5.41, 5.74) is -1.57. The molecule has 1 aromatic carbocycles. The highest BCUT2D eigenvalue weighted by Crippen LogP contribution is 2.44. The smallest absolute Gasteiger partial charge is 0.342 e. The van der Waals surface area contributed by atoms with E-state index >= 15 is 0 Å². The number of benzene rings is 1. The van der Waals surface area contributed by atoms with Crippen LogP contribution in [0.3, 0.4) is 0 Å². The molecule has 0 amide bonds. The van der Waals surface area contributed by atoms with Crippen LogP contribution in [-0.4, -0.2) is 41.5 Å². The van der Waals surface area contributed by atoms with Crippen molar-refractivity contribution in [2.24, 2.45) is 15.0 Å². The molecule has 140 valence electrons. The van der Waals surface area contributed by atoms with Crippen molar-refractivity contribution < 1.29 is 19.1 Å². The summed E-state index contributed by atoms with van der Waals surface area (Å²) in [4.78, 5) is 48.2. The average Bonchev–Trinajstić information content (AvgIpc) is 2.69. The number of fused-ring (bicyclic) bond motifs is 1. The van der Waals surface area contributed by atoms with Crippen LogP contribution in [0.15, 0.2) is 75.2 Å². The van der Waals surface area contributed by atoms with Gasteiger partial charge in [0.05, 0.1) is 18.0 Å². The molecule has 0 aromatic heterocycles. The van der Waals surface area contributed by atoms with Gasteiger partial charge in [-0.2, -0.15) is 9.98 Å². The predicted molar refractivity (Wildman–Crippen MR) is 103 cm³/mol. The zero-order chi connectivity index (χ0) is 20.2. The summed E-state index contributed by atoms with van der Waals surface area (Å²) in [5.74, 6) is -0.836. The molecule has 0 radical (unpaired) electrons.